The van der Waals surface area contributed by atoms with Gasteiger partial charge in [-0.25, -0.2) is 0 Å². The van der Waals surface area contributed by atoms with E-state index in [2.05, 4.69) is 43.1 Å². The first-order valence-corrected chi connectivity index (χ1v) is 12.8. The van der Waals surface area contributed by atoms with Gasteiger partial charge in [0.2, 0.25) is 5.91 Å². The van der Waals surface area contributed by atoms with Gasteiger partial charge in [0.15, 0.2) is 0 Å². The molecule has 190 valence electrons. The highest BCUT2D eigenvalue weighted by Crippen LogP contribution is 2.25. The van der Waals surface area contributed by atoms with Crippen LogP contribution in [0.15, 0.2) is 78.9 Å². The second-order valence-electron chi connectivity index (χ2n) is 10.1. The molecule has 6 heteroatoms. The maximum absolute atomic E-state index is 13.6. The Morgan fingerprint density at radius 1 is 1.00 bits per heavy atom. The summed E-state index contributed by atoms with van der Waals surface area (Å²) in [7, 11) is 1.64. The van der Waals surface area contributed by atoms with Crippen LogP contribution in [0, 0.1) is 0 Å². The van der Waals surface area contributed by atoms with E-state index in [1.54, 1.807) is 12.0 Å². The van der Waals surface area contributed by atoms with Crippen LogP contribution in [-0.2, 0) is 17.8 Å². The summed E-state index contributed by atoms with van der Waals surface area (Å²) in [6.07, 6.45) is 0.671. The van der Waals surface area contributed by atoms with Gasteiger partial charge in [0.25, 0.3) is 5.91 Å². The van der Waals surface area contributed by atoms with Crippen LogP contribution in [0.25, 0.3) is 10.9 Å². The predicted molar refractivity (Wildman–Crippen MR) is 146 cm³/mol. The average Bonchev–Trinajstić information content (AvgIpc) is 3.34. The van der Waals surface area contributed by atoms with Crippen molar-refractivity contribution in [1.29, 1.82) is 0 Å². The standard InChI is InChI=1S/C31H33N3O3/c1-21(2)24-12-13-28-25(16-24)17-29(32-28)31(36)33-19-26(14-22-8-5-4-6-9-22)34(30(35)20-33)18-23-10-7-11-27(15-23)37-3/h4-13,15-17,21,26,32H,14,18-20H2,1-3H3/t26-/m0/s1. The zero-order chi connectivity index (χ0) is 25.9. The van der Waals surface area contributed by atoms with Gasteiger partial charge in [0.05, 0.1) is 13.2 Å². The van der Waals surface area contributed by atoms with Gasteiger partial charge < -0.3 is 19.5 Å². The lowest BCUT2D eigenvalue weighted by Gasteiger charge is -2.41. The lowest BCUT2D eigenvalue weighted by atomic mass is 10.0. The van der Waals surface area contributed by atoms with Crippen LogP contribution < -0.4 is 4.74 Å². The number of nitrogens with zero attached hydrogens (tertiary/aromatic N) is 2. The Morgan fingerprint density at radius 3 is 2.54 bits per heavy atom. The smallest absolute Gasteiger partial charge is 0.270 e. The van der Waals surface area contributed by atoms with Crippen molar-refractivity contribution in [2.24, 2.45) is 0 Å². The van der Waals surface area contributed by atoms with E-state index in [0.29, 0.717) is 31.1 Å². The van der Waals surface area contributed by atoms with Crippen molar-refractivity contribution in [3.63, 3.8) is 0 Å². The fourth-order valence-electron chi connectivity index (χ4n) is 5.07. The molecule has 1 aliphatic heterocycles. The third-order valence-electron chi connectivity index (χ3n) is 7.15. The lowest BCUT2D eigenvalue weighted by molar-refractivity contribution is -0.139. The molecular formula is C31H33N3O3. The van der Waals surface area contributed by atoms with Crippen LogP contribution in [-0.4, -0.2) is 52.8 Å². The van der Waals surface area contributed by atoms with Crippen molar-refractivity contribution < 1.29 is 14.3 Å². The van der Waals surface area contributed by atoms with E-state index < -0.39 is 0 Å². The zero-order valence-corrected chi connectivity index (χ0v) is 21.6. The van der Waals surface area contributed by atoms with Gasteiger partial charge in [-0.1, -0.05) is 62.4 Å². The number of rotatable bonds is 7. The maximum Gasteiger partial charge on any atom is 0.270 e. The summed E-state index contributed by atoms with van der Waals surface area (Å²) >= 11 is 0. The van der Waals surface area contributed by atoms with E-state index in [1.165, 1.54) is 5.56 Å². The quantitative estimate of drug-likeness (QED) is 0.374. The van der Waals surface area contributed by atoms with Crippen molar-refractivity contribution >= 4 is 22.7 Å². The van der Waals surface area contributed by atoms with Crippen LogP contribution in [0.2, 0.25) is 0 Å². The van der Waals surface area contributed by atoms with Crippen molar-refractivity contribution in [3.05, 3.63) is 101 Å². The van der Waals surface area contributed by atoms with E-state index in [0.717, 1.165) is 27.8 Å². The SMILES string of the molecule is COc1cccc(CN2C(=O)CN(C(=O)c3cc4cc(C(C)C)ccc4[nH]3)C[C@@H]2Cc2ccccc2)c1. The number of aromatic nitrogens is 1. The molecule has 0 spiro atoms. The van der Waals surface area contributed by atoms with E-state index in [1.807, 2.05) is 59.5 Å². The van der Waals surface area contributed by atoms with Crippen LogP contribution in [0.4, 0.5) is 0 Å². The summed E-state index contributed by atoms with van der Waals surface area (Å²) in [5.41, 5.74) is 4.81. The van der Waals surface area contributed by atoms with Gasteiger partial charge in [0.1, 0.15) is 18.0 Å². The second kappa shape index (κ2) is 10.5. The van der Waals surface area contributed by atoms with Gasteiger partial charge >= 0.3 is 0 Å². The number of benzene rings is 3. The van der Waals surface area contributed by atoms with Gasteiger partial charge in [-0.3, -0.25) is 9.59 Å². The number of ether oxygens (including phenoxy) is 1. The molecule has 1 N–H and O–H groups in total. The topological polar surface area (TPSA) is 65.6 Å². The van der Waals surface area contributed by atoms with Crippen molar-refractivity contribution in [1.82, 2.24) is 14.8 Å². The normalized spacial score (nSPS) is 16.0. The molecule has 3 aromatic carbocycles. The number of hydrogen-bond acceptors (Lipinski definition) is 3. The van der Waals surface area contributed by atoms with Crippen molar-refractivity contribution in [3.8, 4) is 5.75 Å². The highest BCUT2D eigenvalue weighted by molar-refractivity contribution is 6.00. The largest absolute Gasteiger partial charge is 0.497 e. The Bertz CT molecular complexity index is 1410. The van der Waals surface area contributed by atoms with Gasteiger partial charge in [-0.05, 0) is 59.4 Å². The Morgan fingerprint density at radius 2 is 1.78 bits per heavy atom. The first-order chi connectivity index (χ1) is 17.9. The summed E-state index contributed by atoms with van der Waals surface area (Å²) in [6.45, 7) is 5.31. The number of hydrogen-bond donors (Lipinski definition) is 1. The number of nitrogens with one attached hydrogen (secondary N) is 1. The van der Waals surface area contributed by atoms with Crippen LogP contribution >= 0.6 is 0 Å². The van der Waals surface area contributed by atoms with Gasteiger partial charge in [-0.2, -0.15) is 0 Å². The number of carbonyl (C=O) groups is 2. The van der Waals surface area contributed by atoms with Crippen LogP contribution in [0.3, 0.4) is 0 Å². The van der Waals surface area contributed by atoms with E-state index >= 15 is 0 Å². The van der Waals surface area contributed by atoms with E-state index in [-0.39, 0.29) is 24.4 Å². The number of methoxy groups -OCH3 is 1. The Labute approximate surface area is 217 Å². The number of piperazine rings is 1. The monoisotopic (exact) mass is 495 g/mol. The molecule has 2 amide bonds. The molecular weight excluding hydrogens is 462 g/mol. The first-order valence-electron chi connectivity index (χ1n) is 12.8. The minimum atomic E-state index is -0.144. The number of carbonyl (C=O) groups excluding carboxylic acids is 2. The molecule has 5 rings (SSSR count). The third kappa shape index (κ3) is 5.38. The molecule has 1 fully saturated rings. The minimum Gasteiger partial charge on any atom is -0.497 e. The summed E-state index contributed by atoms with van der Waals surface area (Å²) in [4.78, 5) is 33.9. The van der Waals surface area contributed by atoms with Crippen molar-refractivity contribution in [2.75, 3.05) is 20.2 Å². The zero-order valence-electron chi connectivity index (χ0n) is 21.6. The third-order valence-corrected chi connectivity index (χ3v) is 7.15. The van der Waals surface area contributed by atoms with E-state index in [4.69, 9.17) is 4.74 Å². The molecule has 2 heterocycles. The number of amides is 2. The molecule has 4 aromatic rings. The fourth-order valence-corrected chi connectivity index (χ4v) is 5.07. The first kappa shape index (κ1) is 24.6. The lowest BCUT2D eigenvalue weighted by Crippen LogP contribution is -2.58. The summed E-state index contributed by atoms with van der Waals surface area (Å²) in [6, 6.07) is 25.9. The predicted octanol–water partition coefficient (Wildman–Crippen LogP) is 5.40. The van der Waals surface area contributed by atoms with Crippen molar-refractivity contribution in [2.45, 2.75) is 38.8 Å². The Kier molecular flexibility index (Phi) is 6.99. The second-order valence-corrected chi connectivity index (χ2v) is 10.1. The molecule has 1 aliphatic rings. The molecule has 1 saturated heterocycles. The van der Waals surface area contributed by atoms with Gasteiger partial charge in [0, 0.05) is 24.0 Å². The molecule has 0 unspecified atom stereocenters. The summed E-state index contributed by atoms with van der Waals surface area (Å²) in [5, 5.41) is 1.01. The fraction of sp³-hybridized carbons (Fsp3) is 0.290. The highest BCUT2D eigenvalue weighted by atomic mass is 16.5. The summed E-state index contributed by atoms with van der Waals surface area (Å²) in [5.74, 6) is 0.974. The Balaban J connectivity index is 1.41. The van der Waals surface area contributed by atoms with E-state index in [9.17, 15) is 9.59 Å². The molecule has 0 radical (unpaired) electrons. The highest BCUT2D eigenvalue weighted by Gasteiger charge is 2.35. The number of H-pyrrole nitrogens is 1. The molecule has 0 aliphatic carbocycles. The molecule has 37 heavy (non-hydrogen) atoms. The number of aromatic amines is 1. The minimum absolute atomic E-state index is 0.0541. The molecule has 0 saturated carbocycles. The molecule has 6 nitrogen and oxygen atoms in total. The molecule has 0 bridgehead atoms. The maximum atomic E-state index is 13.6. The molecule has 1 aromatic heterocycles. The number of fused-ring (bicyclic) bond motifs is 1. The molecule has 1 atom stereocenters. The van der Waals surface area contributed by atoms with Crippen LogP contribution in [0.1, 0.15) is 46.9 Å². The van der Waals surface area contributed by atoms with Gasteiger partial charge in [-0.15, -0.1) is 0 Å². The van der Waals surface area contributed by atoms with Crippen LogP contribution in [0.5, 0.6) is 5.75 Å². The average molecular weight is 496 g/mol. The summed E-state index contributed by atoms with van der Waals surface area (Å²) < 4.78 is 5.38. The Hall–Kier alpha value is -4.06.